The van der Waals surface area contributed by atoms with Crippen LogP contribution in [-0.4, -0.2) is 35.9 Å². The number of hydrogen-bond donors (Lipinski definition) is 1. The summed E-state index contributed by atoms with van der Waals surface area (Å²) in [5.74, 6) is -0.0295. The van der Waals surface area contributed by atoms with Crippen molar-refractivity contribution in [3.05, 3.63) is 52.0 Å². The molecule has 0 radical (unpaired) electrons. The van der Waals surface area contributed by atoms with E-state index in [0.717, 1.165) is 18.8 Å². The highest BCUT2D eigenvalue weighted by Gasteiger charge is 2.11. The van der Waals surface area contributed by atoms with Gasteiger partial charge >= 0.3 is 0 Å². The Morgan fingerprint density at radius 2 is 2.10 bits per heavy atom. The number of aromatic nitrogens is 1. The molecule has 0 atom stereocenters. The van der Waals surface area contributed by atoms with Gasteiger partial charge in [0, 0.05) is 19.6 Å². The van der Waals surface area contributed by atoms with Gasteiger partial charge in [-0.3, -0.25) is 4.79 Å². The minimum absolute atomic E-state index is 0.0295. The molecule has 0 aliphatic heterocycles. The highest BCUT2D eigenvalue weighted by molar-refractivity contribution is 7.11. The average Bonchev–Trinajstić information content (AvgIpc) is 2.86. The largest absolute Gasteiger partial charge is 0.350 e. The van der Waals surface area contributed by atoms with Crippen LogP contribution in [0.25, 0.3) is 0 Å². The first-order chi connectivity index (χ1) is 9.66. The predicted octanol–water partition coefficient (Wildman–Crippen LogP) is 2.31. The van der Waals surface area contributed by atoms with E-state index in [1.807, 2.05) is 25.1 Å². The summed E-state index contributed by atoms with van der Waals surface area (Å²) in [6.07, 6.45) is 0. The number of likely N-dealkylation sites (N-methyl/N-ethyl adjacent to an activating group) is 1. The van der Waals surface area contributed by atoms with Gasteiger partial charge in [-0.2, -0.15) is 0 Å². The molecule has 1 heterocycles. The highest BCUT2D eigenvalue weighted by Crippen LogP contribution is 2.11. The molecule has 5 heteroatoms. The molecule has 20 heavy (non-hydrogen) atoms. The van der Waals surface area contributed by atoms with Crippen LogP contribution in [0.2, 0.25) is 0 Å². The van der Waals surface area contributed by atoms with E-state index >= 15 is 0 Å². The van der Waals surface area contributed by atoms with Crippen molar-refractivity contribution < 1.29 is 4.79 Å². The molecule has 0 fully saturated rings. The van der Waals surface area contributed by atoms with Crippen LogP contribution < -0.4 is 5.32 Å². The van der Waals surface area contributed by atoms with E-state index in [1.54, 1.807) is 5.51 Å². The van der Waals surface area contributed by atoms with Gasteiger partial charge in [0.25, 0.3) is 5.91 Å². The maximum Gasteiger partial charge on any atom is 0.263 e. The number of benzene rings is 1. The monoisotopic (exact) mass is 289 g/mol. The first-order valence-electron chi connectivity index (χ1n) is 6.57. The fraction of sp³-hybridized carbons (Fsp3) is 0.333. The van der Waals surface area contributed by atoms with Gasteiger partial charge in [0.15, 0.2) is 0 Å². The summed E-state index contributed by atoms with van der Waals surface area (Å²) in [4.78, 5) is 18.9. The number of thiazole rings is 1. The lowest BCUT2D eigenvalue weighted by molar-refractivity contribution is 0.0953. The van der Waals surface area contributed by atoms with Gasteiger partial charge in [0.2, 0.25) is 0 Å². The van der Waals surface area contributed by atoms with Crippen molar-refractivity contribution in [1.82, 2.24) is 15.2 Å². The van der Waals surface area contributed by atoms with Crippen LogP contribution in [0.5, 0.6) is 0 Å². The number of nitrogens with zero attached hydrogens (tertiary/aromatic N) is 2. The van der Waals surface area contributed by atoms with E-state index < -0.39 is 0 Å². The van der Waals surface area contributed by atoms with E-state index in [9.17, 15) is 4.79 Å². The normalized spacial score (nSPS) is 10.8. The third-order valence-corrected chi connectivity index (χ3v) is 3.95. The molecule has 0 aliphatic rings. The summed E-state index contributed by atoms with van der Waals surface area (Å²) in [5, 5.41) is 2.93. The molecular weight excluding hydrogens is 270 g/mol. The molecule has 2 aromatic rings. The molecule has 0 spiro atoms. The van der Waals surface area contributed by atoms with Gasteiger partial charge in [-0.05, 0) is 19.5 Å². The number of aryl methyl sites for hydroxylation is 1. The van der Waals surface area contributed by atoms with Crippen molar-refractivity contribution in [3.8, 4) is 0 Å². The second-order valence-corrected chi connectivity index (χ2v) is 5.60. The smallest absolute Gasteiger partial charge is 0.263 e. The summed E-state index contributed by atoms with van der Waals surface area (Å²) in [5.41, 5.74) is 3.77. The Morgan fingerprint density at radius 3 is 2.75 bits per heavy atom. The van der Waals surface area contributed by atoms with Crippen molar-refractivity contribution in [2.24, 2.45) is 0 Å². The third kappa shape index (κ3) is 4.15. The Bertz CT molecular complexity index is 553. The second kappa shape index (κ2) is 7.17. The van der Waals surface area contributed by atoms with Crippen LogP contribution in [0, 0.1) is 6.92 Å². The molecule has 1 aromatic carbocycles. The van der Waals surface area contributed by atoms with Crippen molar-refractivity contribution in [2.45, 2.75) is 13.5 Å². The highest BCUT2D eigenvalue weighted by atomic mass is 32.1. The summed E-state index contributed by atoms with van der Waals surface area (Å²) < 4.78 is 0. The predicted molar refractivity (Wildman–Crippen MR) is 82.0 cm³/mol. The molecule has 1 amide bonds. The molecule has 1 aromatic heterocycles. The van der Waals surface area contributed by atoms with Crippen LogP contribution in [0.4, 0.5) is 0 Å². The van der Waals surface area contributed by atoms with Crippen LogP contribution in [0.1, 0.15) is 20.9 Å². The Balaban J connectivity index is 1.73. The number of nitrogens with one attached hydrogen (secondary N) is 1. The zero-order valence-corrected chi connectivity index (χ0v) is 12.6. The molecule has 0 unspecified atom stereocenters. The summed E-state index contributed by atoms with van der Waals surface area (Å²) in [6.45, 7) is 4.20. The zero-order chi connectivity index (χ0) is 14.4. The molecule has 0 saturated heterocycles. The van der Waals surface area contributed by atoms with E-state index in [-0.39, 0.29) is 5.91 Å². The fourth-order valence-corrected chi connectivity index (χ4v) is 2.65. The molecule has 0 bridgehead atoms. The molecule has 0 aliphatic carbocycles. The third-order valence-electron chi connectivity index (χ3n) is 3.03. The average molecular weight is 289 g/mol. The Morgan fingerprint density at radius 1 is 1.35 bits per heavy atom. The number of hydrogen-bond acceptors (Lipinski definition) is 4. The SMILES string of the molecule is Cc1ncsc1C(=O)NCCN(C)Cc1ccccc1. The van der Waals surface area contributed by atoms with E-state index in [4.69, 9.17) is 0 Å². The lowest BCUT2D eigenvalue weighted by atomic mass is 10.2. The maximum atomic E-state index is 11.9. The quantitative estimate of drug-likeness (QED) is 0.887. The molecule has 1 N–H and O–H groups in total. The first kappa shape index (κ1) is 14.7. The molecule has 106 valence electrons. The number of amides is 1. The fourth-order valence-electron chi connectivity index (χ4n) is 1.93. The number of rotatable bonds is 6. The van der Waals surface area contributed by atoms with Crippen molar-refractivity contribution >= 4 is 17.2 Å². The number of carbonyl (C=O) groups excluding carboxylic acids is 1. The van der Waals surface area contributed by atoms with Gasteiger partial charge in [0.05, 0.1) is 11.2 Å². The van der Waals surface area contributed by atoms with Crippen molar-refractivity contribution in [1.29, 1.82) is 0 Å². The summed E-state index contributed by atoms with van der Waals surface area (Å²) in [6, 6.07) is 10.3. The lowest BCUT2D eigenvalue weighted by Gasteiger charge is -2.16. The van der Waals surface area contributed by atoms with Gasteiger partial charge in [-0.25, -0.2) is 4.98 Å². The van der Waals surface area contributed by atoms with Crippen LogP contribution >= 0.6 is 11.3 Å². The molecular formula is C15H19N3OS. The Hall–Kier alpha value is -1.72. The van der Waals surface area contributed by atoms with E-state index in [1.165, 1.54) is 16.9 Å². The van der Waals surface area contributed by atoms with Gasteiger partial charge in [-0.15, -0.1) is 11.3 Å². The van der Waals surface area contributed by atoms with Crippen molar-refractivity contribution in [2.75, 3.05) is 20.1 Å². The first-order valence-corrected chi connectivity index (χ1v) is 7.45. The lowest BCUT2D eigenvalue weighted by Crippen LogP contribution is -2.32. The van der Waals surface area contributed by atoms with Gasteiger partial charge in [0.1, 0.15) is 4.88 Å². The topological polar surface area (TPSA) is 45.2 Å². The Kier molecular flexibility index (Phi) is 5.26. The molecule has 0 saturated carbocycles. The zero-order valence-electron chi connectivity index (χ0n) is 11.8. The van der Waals surface area contributed by atoms with Gasteiger partial charge < -0.3 is 10.2 Å². The number of carbonyl (C=O) groups is 1. The summed E-state index contributed by atoms with van der Waals surface area (Å²) in [7, 11) is 2.05. The van der Waals surface area contributed by atoms with Crippen molar-refractivity contribution in [3.63, 3.8) is 0 Å². The van der Waals surface area contributed by atoms with E-state index in [0.29, 0.717) is 11.4 Å². The standard InChI is InChI=1S/C15H19N3OS/c1-12-14(20-11-17-12)15(19)16-8-9-18(2)10-13-6-4-3-5-7-13/h3-7,11H,8-10H2,1-2H3,(H,16,19). The minimum Gasteiger partial charge on any atom is -0.350 e. The molecule has 2 rings (SSSR count). The van der Waals surface area contributed by atoms with Crippen LogP contribution in [-0.2, 0) is 6.54 Å². The molecule has 4 nitrogen and oxygen atoms in total. The van der Waals surface area contributed by atoms with Crippen LogP contribution in [0.3, 0.4) is 0 Å². The minimum atomic E-state index is -0.0295. The van der Waals surface area contributed by atoms with Crippen LogP contribution in [0.15, 0.2) is 35.8 Å². The Labute approximate surface area is 123 Å². The van der Waals surface area contributed by atoms with E-state index in [2.05, 4.69) is 34.4 Å². The summed E-state index contributed by atoms with van der Waals surface area (Å²) >= 11 is 1.38. The second-order valence-electron chi connectivity index (χ2n) is 4.75. The maximum absolute atomic E-state index is 11.9. The van der Waals surface area contributed by atoms with Gasteiger partial charge in [-0.1, -0.05) is 30.3 Å².